The molecule has 0 fully saturated rings. The van der Waals surface area contributed by atoms with Crippen LogP contribution in [-0.2, 0) is 5.41 Å². The van der Waals surface area contributed by atoms with Crippen LogP contribution >= 0.6 is 0 Å². The molecular weight excluding hydrogens is 807 g/mol. The number of hydrogen-bond acceptors (Lipinski definition) is 3. The van der Waals surface area contributed by atoms with E-state index in [1.807, 2.05) is 12.4 Å². The number of fused-ring (bicyclic) bond motifs is 11. The summed E-state index contributed by atoms with van der Waals surface area (Å²) in [5, 5.41) is 7.69. The van der Waals surface area contributed by atoms with E-state index in [2.05, 4.69) is 240 Å². The molecule has 5 heterocycles. The van der Waals surface area contributed by atoms with Crippen molar-refractivity contribution in [2.24, 2.45) is 0 Å². The second-order valence-electron chi connectivity index (χ2n) is 18.2. The zero-order valence-electron chi connectivity index (χ0n) is 36.3. The van der Waals surface area contributed by atoms with Gasteiger partial charge >= 0.3 is 0 Å². The van der Waals surface area contributed by atoms with Crippen LogP contribution < -0.4 is 20.5 Å². The molecular formula is C59H45N5Si. The predicted molar refractivity (Wildman–Crippen MR) is 269 cm³/mol. The van der Waals surface area contributed by atoms with E-state index >= 15 is 0 Å². The minimum atomic E-state index is -3.01. The Kier molecular flexibility index (Phi) is 8.33. The van der Waals surface area contributed by atoms with Gasteiger partial charge in [0.25, 0.3) is 0 Å². The van der Waals surface area contributed by atoms with Crippen molar-refractivity contribution >= 4 is 62.6 Å². The second kappa shape index (κ2) is 14.4. The average molecular weight is 852 g/mol. The monoisotopic (exact) mass is 851 g/mol. The smallest absolute Gasteiger partial charge is 0.179 e. The summed E-state index contributed by atoms with van der Waals surface area (Å²) in [6.07, 6.45) is 13.5. The first-order valence-corrected chi connectivity index (χ1v) is 24.7. The first-order valence-electron chi connectivity index (χ1n) is 22.7. The van der Waals surface area contributed by atoms with Crippen LogP contribution in [0.5, 0.6) is 0 Å². The Morgan fingerprint density at radius 2 is 1.20 bits per heavy atom. The third-order valence-corrected chi connectivity index (χ3v) is 19.3. The van der Waals surface area contributed by atoms with Gasteiger partial charge < -0.3 is 9.47 Å². The highest BCUT2D eigenvalue weighted by Gasteiger charge is 2.46. The van der Waals surface area contributed by atoms with Crippen molar-refractivity contribution in [1.29, 1.82) is 0 Å². The summed E-state index contributed by atoms with van der Waals surface area (Å²) in [5.41, 5.74) is 11.6. The first-order chi connectivity index (χ1) is 32.0. The van der Waals surface area contributed by atoms with E-state index in [0.717, 1.165) is 33.7 Å². The Morgan fingerprint density at radius 1 is 0.523 bits per heavy atom. The SMILES string of the molecule is CC1(C)c2ccccc2N(c2ccccc2)c2cc3c(cc21)c1cccnc1n3-c1cccc([Si](C2=CC3c4nccn4-c4ccccc4C3C=C2)(c2ccccc2)c2ccccc2)c1. The van der Waals surface area contributed by atoms with Gasteiger partial charge in [-0.3, -0.25) is 4.57 Å². The molecule has 10 aromatic rings. The number of nitrogens with zero attached hydrogens (tertiary/aromatic N) is 5. The topological polar surface area (TPSA) is 38.9 Å². The molecule has 0 N–H and O–H groups in total. The van der Waals surface area contributed by atoms with Gasteiger partial charge in [0.1, 0.15) is 11.5 Å². The van der Waals surface area contributed by atoms with Crippen LogP contribution in [-0.4, -0.2) is 27.2 Å². The van der Waals surface area contributed by atoms with Crippen molar-refractivity contribution in [3.63, 3.8) is 0 Å². The van der Waals surface area contributed by atoms with Crippen molar-refractivity contribution in [2.45, 2.75) is 31.1 Å². The van der Waals surface area contributed by atoms with Crippen molar-refractivity contribution in [3.05, 3.63) is 253 Å². The van der Waals surface area contributed by atoms with Crippen molar-refractivity contribution in [3.8, 4) is 11.4 Å². The molecule has 5 nitrogen and oxygen atoms in total. The quantitative estimate of drug-likeness (QED) is 0.124. The molecule has 0 amide bonds. The van der Waals surface area contributed by atoms with E-state index in [1.54, 1.807) is 0 Å². The van der Waals surface area contributed by atoms with Crippen LogP contribution in [0.3, 0.4) is 0 Å². The zero-order chi connectivity index (χ0) is 43.3. The van der Waals surface area contributed by atoms with Gasteiger partial charge in [0.05, 0.1) is 22.6 Å². The molecule has 0 bridgehead atoms. The van der Waals surface area contributed by atoms with E-state index in [9.17, 15) is 0 Å². The van der Waals surface area contributed by atoms with E-state index in [1.165, 1.54) is 59.9 Å². The van der Waals surface area contributed by atoms with Gasteiger partial charge in [-0.1, -0.05) is 159 Å². The molecule has 7 aromatic carbocycles. The summed E-state index contributed by atoms with van der Waals surface area (Å²) in [7, 11) is -3.01. The number of aromatic nitrogens is 4. The molecule has 0 saturated heterocycles. The molecule has 3 aliphatic rings. The first kappa shape index (κ1) is 37.7. The van der Waals surface area contributed by atoms with Gasteiger partial charge in [-0.05, 0) is 98.1 Å². The number of pyridine rings is 1. The van der Waals surface area contributed by atoms with E-state index in [4.69, 9.17) is 9.97 Å². The Labute approximate surface area is 380 Å². The van der Waals surface area contributed by atoms with Gasteiger partial charge in [-0.15, -0.1) is 0 Å². The minimum absolute atomic E-state index is 0.0806. The van der Waals surface area contributed by atoms with Crippen LogP contribution in [0.25, 0.3) is 33.3 Å². The minimum Gasteiger partial charge on any atom is -0.310 e. The van der Waals surface area contributed by atoms with Crippen LogP contribution in [0.2, 0.25) is 0 Å². The molecule has 2 aliphatic heterocycles. The molecule has 0 saturated carbocycles. The predicted octanol–water partition coefficient (Wildman–Crippen LogP) is 11.9. The highest BCUT2D eigenvalue weighted by Crippen LogP contribution is 2.54. The number of benzene rings is 7. The Bertz CT molecular complexity index is 3510. The Balaban J connectivity index is 1.07. The largest absolute Gasteiger partial charge is 0.310 e. The summed E-state index contributed by atoms with van der Waals surface area (Å²) in [4.78, 5) is 12.7. The van der Waals surface area contributed by atoms with Crippen molar-refractivity contribution in [2.75, 3.05) is 4.90 Å². The van der Waals surface area contributed by atoms with Crippen molar-refractivity contribution < 1.29 is 0 Å². The maximum absolute atomic E-state index is 5.18. The third kappa shape index (κ3) is 5.44. The molecule has 65 heavy (non-hydrogen) atoms. The standard InChI is InChI=1S/C59H45N5Si/c1-59(2)51-28-13-15-30-54(51)63(40-18-6-3-7-19-40)56-39-55-49(38-52(56)59)48-27-17-33-60-58(48)64(55)41-20-16-25-44(36-41)65(42-21-8-4-9-22-42,43-23-10-5-11-24-43)45-31-32-46-47-26-12-14-29-53(47)62-35-34-61-57(62)50(46)37-45/h3-39,46,50H,1-2H3. The van der Waals surface area contributed by atoms with Gasteiger partial charge in [-0.25, -0.2) is 9.97 Å². The van der Waals surface area contributed by atoms with Gasteiger partial charge in [0.2, 0.25) is 0 Å². The number of allylic oxidation sites excluding steroid dienone is 4. The maximum atomic E-state index is 5.18. The molecule has 13 rings (SSSR count). The fraction of sp³-hybridized carbons (Fsp3) is 0.0847. The van der Waals surface area contributed by atoms with E-state index in [-0.39, 0.29) is 17.3 Å². The van der Waals surface area contributed by atoms with Gasteiger partial charge in [-0.2, -0.15) is 0 Å². The molecule has 0 spiro atoms. The number of anilines is 3. The Hall–Kier alpha value is -7.80. The van der Waals surface area contributed by atoms with Crippen LogP contribution in [0.15, 0.2) is 230 Å². The number of hydrogen-bond donors (Lipinski definition) is 0. The number of rotatable bonds is 6. The molecule has 3 aromatic heterocycles. The summed E-state index contributed by atoms with van der Waals surface area (Å²) in [6.45, 7) is 4.74. The summed E-state index contributed by atoms with van der Waals surface area (Å²) < 4.78 is 4.71. The lowest BCUT2D eigenvalue weighted by Crippen LogP contribution is -2.68. The molecule has 0 radical (unpaired) electrons. The fourth-order valence-electron chi connectivity index (χ4n) is 11.6. The zero-order valence-corrected chi connectivity index (χ0v) is 37.3. The van der Waals surface area contributed by atoms with E-state index in [0.29, 0.717) is 0 Å². The van der Waals surface area contributed by atoms with Gasteiger partial charge in [0.15, 0.2) is 8.07 Å². The van der Waals surface area contributed by atoms with Crippen LogP contribution in [0, 0.1) is 0 Å². The Morgan fingerprint density at radius 3 is 1.98 bits per heavy atom. The highest BCUT2D eigenvalue weighted by atomic mass is 28.3. The van der Waals surface area contributed by atoms with Crippen molar-refractivity contribution in [1.82, 2.24) is 19.1 Å². The number of para-hydroxylation sites is 3. The summed E-state index contributed by atoms with van der Waals surface area (Å²) in [6, 6.07) is 69.7. The third-order valence-electron chi connectivity index (χ3n) is 14.5. The fourth-order valence-corrected chi connectivity index (χ4v) is 16.5. The summed E-state index contributed by atoms with van der Waals surface area (Å²) in [5.74, 6) is 1.36. The normalized spacial score (nSPS) is 16.9. The lowest BCUT2D eigenvalue weighted by molar-refractivity contribution is 0.633. The summed E-state index contributed by atoms with van der Waals surface area (Å²) >= 11 is 0. The molecule has 6 heteroatoms. The van der Waals surface area contributed by atoms with Crippen LogP contribution in [0.4, 0.5) is 17.1 Å². The average Bonchev–Trinajstić information content (AvgIpc) is 3.99. The van der Waals surface area contributed by atoms with E-state index < -0.39 is 8.07 Å². The highest BCUT2D eigenvalue weighted by molar-refractivity contribution is 7.16. The number of imidazole rings is 1. The maximum Gasteiger partial charge on any atom is 0.179 e. The molecule has 310 valence electrons. The molecule has 1 aliphatic carbocycles. The van der Waals surface area contributed by atoms with Crippen LogP contribution in [0.1, 0.15) is 48.2 Å². The van der Waals surface area contributed by atoms with Gasteiger partial charge in [0, 0.05) is 58.0 Å². The lowest BCUT2D eigenvalue weighted by atomic mass is 9.73. The lowest BCUT2D eigenvalue weighted by Gasteiger charge is -2.42. The molecule has 2 unspecified atom stereocenters. The molecule has 2 atom stereocenters. The second-order valence-corrected chi connectivity index (χ2v) is 22.0.